The van der Waals surface area contributed by atoms with Crippen LogP contribution in [0.4, 0.5) is 0 Å². The van der Waals surface area contributed by atoms with Crippen LogP contribution in [0.2, 0.25) is 0 Å². The average molecular weight is 425 g/mol. The second-order valence-electron chi connectivity index (χ2n) is 8.94. The highest BCUT2D eigenvalue weighted by atomic mass is 16.5. The van der Waals surface area contributed by atoms with Crippen molar-refractivity contribution in [2.24, 2.45) is 5.92 Å². The molecule has 1 saturated heterocycles. The van der Waals surface area contributed by atoms with Gasteiger partial charge in [0, 0.05) is 6.54 Å². The highest BCUT2D eigenvalue weighted by molar-refractivity contribution is 5.94. The summed E-state index contributed by atoms with van der Waals surface area (Å²) in [5.74, 6) is 0.337. The molecule has 2 amide bonds. The van der Waals surface area contributed by atoms with Gasteiger partial charge in [-0.1, -0.05) is 50.2 Å². The van der Waals surface area contributed by atoms with Crippen LogP contribution in [-0.4, -0.2) is 34.5 Å². The second kappa shape index (κ2) is 9.52. The maximum Gasteiger partial charge on any atom is 0.266 e. The van der Waals surface area contributed by atoms with Crippen LogP contribution in [0.3, 0.4) is 0 Å². The summed E-state index contributed by atoms with van der Waals surface area (Å²) in [5, 5.41) is 9.14. The summed E-state index contributed by atoms with van der Waals surface area (Å²) < 4.78 is 5.92. The van der Waals surface area contributed by atoms with E-state index in [4.69, 9.17) is 9.94 Å². The minimum absolute atomic E-state index is 0.0877. The molecule has 2 aromatic carbocycles. The molecule has 6 nitrogen and oxygen atoms in total. The summed E-state index contributed by atoms with van der Waals surface area (Å²) in [5.41, 5.74) is 4.24. The largest absolute Gasteiger partial charge is 0.489 e. The minimum atomic E-state index is -0.709. The van der Waals surface area contributed by atoms with E-state index >= 15 is 0 Å². The van der Waals surface area contributed by atoms with Crippen molar-refractivity contribution in [1.29, 1.82) is 0 Å². The summed E-state index contributed by atoms with van der Waals surface area (Å²) in [6.45, 7) is 8.93. The van der Waals surface area contributed by atoms with Crippen LogP contribution in [0.15, 0.2) is 48.5 Å². The molecule has 2 unspecified atom stereocenters. The van der Waals surface area contributed by atoms with Gasteiger partial charge in [-0.25, -0.2) is 5.48 Å². The van der Waals surface area contributed by atoms with Crippen molar-refractivity contribution in [3.63, 3.8) is 0 Å². The lowest BCUT2D eigenvalue weighted by atomic mass is 9.81. The normalized spacial score (nSPS) is 19.5. The fraction of sp³-hybridized carbons (Fsp3) is 0.440. The van der Waals surface area contributed by atoms with Crippen molar-refractivity contribution < 1.29 is 19.5 Å². The van der Waals surface area contributed by atoms with E-state index in [0.717, 1.165) is 16.9 Å². The molecular weight excluding hydrogens is 392 g/mol. The van der Waals surface area contributed by atoms with Crippen molar-refractivity contribution in [1.82, 2.24) is 10.4 Å². The smallest absolute Gasteiger partial charge is 0.266 e. The number of hydrogen-bond acceptors (Lipinski definition) is 4. The van der Waals surface area contributed by atoms with Gasteiger partial charge in [-0.3, -0.25) is 14.8 Å². The summed E-state index contributed by atoms with van der Waals surface area (Å²) in [6.07, 6.45) is 1.11. The zero-order chi connectivity index (χ0) is 22.6. The number of amides is 2. The van der Waals surface area contributed by atoms with E-state index in [0.29, 0.717) is 26.0 Å². The Balaban J connectivity index is 1.72. The Bertz CT molecular complexity index is 925. The van der Waals surface area contributed by atoms with E-state index < -0.39 is 17.4 Å². The standard InChI is InChI=1S/C25H32N2O4/c1-17(2)15-22(23(28)26-30)27-14-13-25(4,24(27)29)20-9-11-21(12-10-20)31-16-19-8-6-5-7-18(19)3/h5-12,17,22,30H,13-16H2,1-4H3,(H,26,28). The molecule has 31 heavy (non-hydrogen) atoms. The Labute approximate surface area is 184 Å². The molecule has 2 N–H and O–H groups in total. The van der Waals surface area contributed by atoms with Crippen molar-refractivity contribution >= 4 is 11.8 Å². The van der Waals surface area contributed by atoms with Gasteiger partial charge >= 0.3 is 0 Å². The monoisotopic (exact) mass is 424 g/mol. The Kier molecular flexibility index (Phi) is 7.01. The predicted molar refractivity (Wildman–Crippen MR) is 119 cm³/mol. The van der Waals surface area contributed by atoms with E-state index in [9.17, 15) is 9.59 Å². The molecule has 2 aromatic rings. The minimum Gasteiger partial charge on any atom is -0.489 e. The van der Waals surface area contributed by atoms with Gasteiger partial charge < -0.3 is 9.64 Å². The SMILES string of the molecule is Cc1ccccc1COc1ccc(C2(C)CCN(C(CC(C)C)C(=O)NO)C2=O)cc1. The number of likely N-dealkylation sites (tertiary alicyclic amines) is 1. The van der Waals surface area contributed by atoms with Gasteiger partial charge in [-0.15, -0.1) is 0 Å². The van der Waals surface area contributed by atoms with Gasteiger partial charge in [0.25, 0.3) is 5.91 Å². The van der Waals surface area contributed by atoms with Gasteiger partial charge in [0.2, 0.25) is 5.91 Å². The molecule has 1 fully saturated rings. The van der Waals surface area contributed by atoms with Crippen molar-refractivity contribution in [2.45, 2.75) is 58.6 Å². The quantitative estimate of drug-likeness (QED) is 0.496. The predicted octanol–water partition coefficient (Wildman–Crippen LogP) is 3.98. The van der Waals surface area contributed by atoms with Crippen molar-refractivity contribution in [3.8, 4) is 5.75 Å². The van der Waals surface area contributed by atoms with Gasteiger partial charge in [0.05, 0.1) is 5.41 Å². The van der Waals surface area contributed by atoms with Crippen LogP contribution in [-0.2, 0) is 21.6 Å². The number of benzene rings is 2. The molecule has 0 bridgehead atoms. The molecule has 1 aliphatic rings. The number of rotatable bonds is 8. The molecule has 6 heteroatoms. The van der Waals surface area contributed by atoms with Crippen LogP contribution >= 0.6 is 0 Å². The molecule has 2 atom stereocenters. The van der Waals surface area contributed by atoms with E-state index in [1.165, 1.54) is 5.56 Å². The Morgan fingerprint density at radius 3 is 2.48 bits per heavy atom. The van der Waals surface area contributed by atoms with E-state index in [1.54, 1.807) is 10.4 Å². The van der Waals surface area contributed by atoms with Gasteiger partial charge in [-0.2, -0.15) is 0 Å². The molecule has 1 aliphatic heterocycles. The molecule has 0 aromatic heterocycles. The van der Waals surface area contributed by atoms with E-state index in [1.807, 2.05) is 63.2 Å². The fourth-order valence-corrected chi connectivity index (χ4v) is 4.18. The molecule has 0 radical (unpaired) electrons. The van der Waals surface area contributed by atoms with E-state index in [2.05, 4.69) is 13.0 Å². The number of ether oxygens (including phenoxy) is 1. The number of carbonyl (C=O) groups excluding carboxylic acids is 2. The van der Waals surface area contributed by atoms with E-state index in [-0.39, 0.29) is 11.8 Å². The Morgan fingerprint density at radius 2 is 1.87 bits per heavy atom. The number of aryl methyl sites for hydroxylation is 1. The summed E-state index contributed by atoms with van der Waals surface area (Å²) in [7, 11) is 0. The first-order chi connectivity index (χ1) is 14.8. The first-order valence-electron chi connectivity index (χ1n) is 10.8. The molecule has 3 rings (SSSR count). The molecule has 1 heterocycles. The molecular formula is C25H32N2O4. The van der Waals surface area contributed by atoms with Crippen molar-refractivity contribution in [3.05, 3.63) is 65.2 Å². The zero-order valence-corrected chi connectivity index (χ0v) is 18.7. The van der Waals surface area contributed by atoms with Crippen LogP contribution in [0.1, 0.15) is 50.3 Å². The average Bonchev–Trinajstić information content (AvgIpc) is 3.06. The number of carbonyl (C=O) groups is 2. The Morgan fingerprint density at radius 1 is 1.19 bits per heavy atom. The third-order valence-electron chi connectivity index (χ3n) is 6.22. The number of hydrogen-bond donors (Lipinski definition) is 2. The summed E-state index contributed by atoms with van der Waals surface area (Å²) >= 11 is 0. The first kappa shape index (κ1) is 22.8. The van der Waals surface area contributed by atoms with Gasteiger partial charge in [0.1, 0.15) is 18.4 Å². The zero-order valence-electron chi connectivity index (χ0n) is 18.7. The van der Waals surface area contributed by atoms with Crippen LogP contribution in [0, 0.1) is 12.8 Å². The summed E-state index contributed by atoms with van der Waals surface area (Å²) in [4.78, 5) is 27.2. The van der Waals surface area contributed by atoms with Gasteiger partial charge in [0.15, 0.2) is 0 Å². The lowest BCUT2D eigenvalue weighted by Gasteiger charge is -2.30. The number of nitrogens with one attached hydrogen (secondary N) is 1. The van der Waals surface area contributed by atoms with Crippen LogP contribution in [0.25, 0.3) is 0 Å². The topological polar surface area (TPSA) is 78.9 Å². The van der Waals surface area contributed by atoms with Crippen LogP contribution in [0.5, 0.6) is 5.75 Å². The molecule has 0 saturated carbocycles. The second-order valence-corrected chi connectivity index (χ2v) is 8.94. The Hall–Kier alpha value is -2.86. The maximum atomic E-state index is 13.3. The molecule has 166 valence electrons. The molecule has 0 aliphatic carbocycles. The lowest BCUT2D eigenvalue weighted by molar-refractivity contribution is -0.144. The van der Waals surface area contributed by atoms with Crippen molar-refractivity contribution in [2.75, 3.05) is 6.54 Å². The van der Waals surface area contributed by atoms with Crippen LogP contribution < -0.4 is 10.2 Å². The molecule has 0 spiro atoms. The third kappa shape index (κ3) is 4.90. The highest BCUT2D eigenvalue weighted by Crippen LogP contribution is 2.38. The number of hydroxylamine groups is 1. The fourth-order valence-electron chi connectivity index (χ4n) is 4.18. The maximum absolute atomic E-state index is 13.3. The highest BCUT2D eigenvalue weighted by Gasteiger charge is 2.47. The van der Waals surface area contributed by atoms with Gasteiger partial charge in [-0.05, 0) is 61.4 Å². The first-order valence-corrected chi connectivity index (χ1v) is 10.8. The third-order valence-corrected chi connectivity index (χ3v) is 6.22. The summed E-state index contributed by atoms with van der Waals surface area (Å²) in [6, 6.07) is 15.1. The number of nitrogens with zero attached hydrogens (tertiary/aromatic N) is 1. The lowest BCUT2D eigenvalue weighted by Crippen LogP contribution is -2.49.